The molecule has 2 N–H and O–H groups in total. The van der Waals surface area contributed by atoms with Crippen molar-refractivity contribution < 1.29 is 9.47 Å². The normalized spacial score (nSPS) is 15.6. The Morgan fingerprint density at radius 2 is 2.03 bits per heavy atom. The van der Waals surface area contributed by atoms with Gasteiger partial charge in [0.1, 0.15) is 11.9 Å². The van der Waals surface area contributed by atoms with Crippen LogP contribution in [0.25, 0.3) is 11.1 Å². The molecular weight excluding hydrogens is 506 g/mol. The smallest absolute Gasteiger partial charge is 0.237 e. The van der Waals surface area contributed by atoms with Gasteiger partial charge in [0.15, 0.2) is 0 Å². The second-order valence-electron chi connectivity index (χ2n) is 8.57. The fourth-order valence-corrected chi connectivity index (χ4v) is 4.73. The van der Waals surface area contributed by atoms with Crippen molar-refractivity contribution in [2.45, 2.75) is 18.6 Å². The van der Waals surface area contributed by atoms with Gasteiger partial charge < -0.3 is 20.1 Å². The van der Waals surface area contributed by atoms with E-state index in [4.69, 9.17) is 9.47 Å². The summed E-state index contributed by atoms with van der Waals surface area (Å²) in [5.74, 6) is 1.50. The van der Waals surface area contributed by atoms with Gasteiger partial charge in [0.25, 0.3) is 0 Å². The Hall–Kier alpha value is -3.36. The van der Waals surface area contributed by atoms with E-state index in [9.17, 15) is 0 Å². The number of methoxy groups -OCH3 is 1. The van der Waals surface area contributed by atoms with Crippen molar-refractivity contribution in [2.75, 3.05) is 25.5 Å². The lowest BCUT2D eigenvalue weighted by Gasteiger charge is -2.33. The highest BCUT2D eigenvalue weighted by molar-refractivity contribution is 9.10. The van der Waals surface area contributed by atoms with Crippen LogP contribution in [0, 0.1) is 0 Å². The number of halogens is 1. The second kappa shape index (κ2) is 10.5. The number of nitrogens with one attached hydrogen (secondary N) is 2. The third kappa shape index (κ3) is 5.33. The lowest BCUT2D eigenvalue weighted by Crippen LogP contribution is -2.43. The third-order valence-corrected chi connectivity index (χ3v) is 6.68. The number of aryl methyl sites for hydroxylation is 1. The van der Waals surface area contributed by atoms with Gasteiger partial charge in [0, 0.05) is 41.6 Å². The van der Waals surface area contributed by atoms with Crippen LogP contribution in [0.15, 0.2) is 77.7 Å². The molecule has 0 unspecified atom stereocenters. The van der Waals surface area contributed by atoms with Crippen LogP contribution in [-0.4, -0.2) is 41.1 Å². The van der Waals surface area contributed by atoms with Crippen LogP contribution in [0.5, 0.6) is 11.6 Å². The van der Waals surface area contributed by atoms with Gasteiger partial charge in [-0.1, -0.05) is 52.3 Å². The quantitative estimate of drug-likeness (QED) is 0.332. The zero-order valence-electron chi connectivity index (χ0n) is 19.7. The first-order valence-electron chi connectivity index (χ1n) is 11.6. The first kappa shape index (κ1) is 23.4. The Bertz CT molecular complexity index is 1290. The summed E-state index contributed by atoms with van der Waals surface area (Å²) in [4.78, 5) is 4.62. The average Bonchev–Trinajstić information content (AvgIpc) is 3.33. The molecule has 8 heteroatoms. The number of ether oxygens (including phenoxy) is 2. The van der Waals surface area contributed by atoms with E-state index in [1.807, 2.05) is 43.8 Å². The predicted molar refractivity (Wildman–Crippen MR) is 141 cm³/mol. The SMILES string of the molecule is COc1cc(Br)ccc1CCN[C@H](c1ccccc1)[C@@H]1CNc2cc(-c3cnn(C)c3)cnc2O1. The minimum atomic E-state index is -0.117. The van der Waals surface area contributed by atoms with Crippen molar-refractivity contribution in [3.8, 4) is 22.8 Å². The van der Waals surface area contributed by atoms with Crippen LogP contribution in [0.1, 0.15) is 17.2 Å². The maximum Gasteiger partial charge on any atom is 0.237 e. The molecule has 7 nitrogen and oxygen atoms in total. The van der Waals surface area contributed by atoms with Crippen LogP contribution >= 0.6 is 15.9 Å². The molecule has 2 atom stereocenters. The van der Waals surface area contributed by atoms with Gasteiger partial charge in [0.05, 0.1) is 31.6 Å². The number of hydrogen-bond donors (Lipinski definition) is 2. The molecule has 3 heterocycles. The molecule has 0 bridgehead atoms. The highest BCUT2D eigenvalue weighted by Crippen LogP contribution is 2.34. The number of anilines is 1. The summed E-state index contributed by atoms with van der Waals surface area (Å²) < 4.78 is 14.8. The molecule has 1 aliphatic rings. The van der Waals surface area contributed by atoms with Crippen molar-refractivity contribution in [3.05, 3.63) is 88.8 Å². The summed E-state index contributed by atoms with van der Waals surface area (Å²) in [5.41, 5.74) is 5.27. The molecular formula is C27H28BrN5O2. The van der Waals surface area contributed by atoms with Crippen molar-refractivity contribution in [1.29, 1.82) is 0 Å². The Morgan fingerprint density at radius 3 is 2.80 bits per heavy atom. The van der Waals surface area contributed by atoms with E-state index in [2.05, 4.69) is 73.0 Å². The van der Waals surface area contributed by atoms with Crippen LogP contribution in [0.3, 0.4) is 0 Å². The van der Waals surface area contributed by atoms with E-state index in [0.29, 0.717) is 12.4 Å². The van der Waals surface area contributed by atoms with Gasteiger partial charge in [-0.25, -0.2) is 4.98 Å². The minimum Gasteiger partial charge on any atom is -0.496 e. The summed E-state index contributed by atoms with van der Waals surface area (Å²) in [7, 11) is 3.61. The standard InChI is InChI=1S/C27H28BrN5O2/c1-33-17-21(15-32-33)20-12-23-27(31-14-20)35-25(16-30-23)26(19-6-4-3-5-7-19)29-11-10-18-8-9-22(28)13-24(18)34-2/h3-9,12-15,17,25-26,29-30H,10-11,16H2,1-2H3/t25-,26+/m0/s1. The maximum atomic E-state index is 6.42. The van der Waals surface area contributed by atoms with Gasteiger partial charge in [0.2, 0.25) is 5.88 Å². The molecule has 35 heavy (non-hydrogen) atoms. The molecule has 2 aromatic heterocycles. The van der Waals surface area contributed by atoms with Gasteiger partial charge >= 0.3 is 0 Å². The largest absolute Gasteiger partial charge is 0.496 e. The predicted octanol–water partition coefficient (Wildman–Crippen LogP) is 5.00. The van der Waals surface area contributed by atoms with E-state index in [-0.39, 0.29) is 12.1 Å². The molecule has 0 aliphatic carbocycles. The summed E-state index contributed by atoms with van der Waals surface area (Å²) in [5, 5.41) is 11.5. The average molecular weight is 534 g/mol. The molecule has 0 fully saturated rings. The fraction of sp³-hybridized carbons (Fsp3) is 0.259. The summed E-state index contributed by atoms with van der Waals surface area (Å²) in [6.45, 7) is 1.44. The molecule has 0 saturated carbocycles. The molecule has 5 rings (SSSR count). The third-order valence-electron chi connectivity index (χ3n) is 6.18. The Kier molecular flexibility index (Phi) is 7.01. The van der Waals surface area contributed by atoms with Gasteiger partial charge in [-0.05, 0) is 35.7 Å². The number of rotatable bonds is 8. The highest BCUT2D eigenvalue weighted by Gasteiger charge is 2.29. The molecule has 2 aromatic carbocycles. The minimum absolute atomic E-state index is 0.00177. The second-order valence-corrected chi connectivity index (χ2v) is 9.48. The number of hydrogen-bond acceptors (Lipinski definition) is 6. The first-order chi connectivity index (χ1) is 17.1. The van der Waals surface area contributed by atoms with Crippen LogP contribution < -0.4 is 20.1 Å². The molecule has 0 spiro atoms. The molecule has 4 aromatic rings. The van der Waals surface area contributed by atoms with E-state index < -0.39 is 0 Å². The van der Waals surface area contributed by atoms with E-state index >= 15 is 0 Å². The van der Waals surface area contributed by atoms with Crippen LogP contribution in [0.2, 0.25) is 0 Å². The summed E-state index contributed by atoms with van der Waals surface area (Å²) in [6, 6.07) is 18.6. The zero-order chi connectivity index (χ0) is 24.2. The topological polar surface area (TPSA) is 73.2 Å². The number of nitrogens with zero attached hydrogens (tertiary/aromatic N) is 3. The van der Waals surface area contributed by atoms with Gasteiger partial charge in [-0.15, -0.1) is 0 Å². The highest BCUT2D eigenvalue weighted by atomic mass is 79.9. The van der Waals surface area contributed by atoms with E-state index in [0.717, 1.165) is 45.6 Å². The zero-order valence-corrected chi connectivity index (χ0v) is 21.3. The number of pyridine rings is 1. The maximum absolute atomic E-state index is 6.42. The van der Waals surface area contributed by atoms with E-state index in [1.165, 1.54) is 5.56 Å². The van der Waals surface area contributed by atoms with Gasteiger partial charge in [-0.2, -0.15) is 5.10 Å². The summed E-state index contributed by atoms with van der Waals surface area (Å²) in [6.07, 6.45) is 6.37. The molecule has 0 radical (unpaired) electrons. The van der Waals surface area contributed by atoms with Crippen molar-refractivity contribution >= 4 is 21.6 Å². The number of aromatic nitrogens is 3. The first-order valence-corrected chi connectivity index (χ1v) is 12.4. The van der Waals surface area contributed by atoms with E-state index in [1.54, 1.807) is 11.8 Å². The molecule has 1 aliphatic heterocycles. The Morgan fingerprint density at radius 1 is 1.17 bits per heavy atom. The van der Waals surface area contributed by atoms with Crippen molar-refractivity contribution in [2.24, 2.45) is 7.05 Å². The van der Waals surface area contributed by atoms with Crippen molar-refractivity contribution in [1.82, 2.24) is 20.1 Å². The fourth-order valence-electron chi connectivity index (χ4n) is 4.39. The molecule has 180 valence electrons. The molecule has 0 amide bonds. The lowest BCUT2D eigenvalue weighted by atomic mass is 9.99. The van der Waals surface area contributed by atoms with Crippen LogP contribution in [0.4, 0.5) is 5.69 Å². The lowest BCUT2D eigenvalue weighted by molar-refractivity contribution is 0.150. The Labute approximate surface area is 213 Å². The van der Waals surface area contributed by atoms with Crippen LogP contribution in [-0.2, 0) is 13.5 Å². The number of benzene rings is 2. The molecule has 0 saturated heterocycles. The summed E-state index contributed by atoms with van der Waals surface area (Å²) >= 11 is 3.51. The van der Waals surface area contributed by atoms with Gasteiger partial charge in [-0.3, -0.25) is 4.68 Å². The van der Waals surface area contributed by atoms with Crippen molar-refractivity contribution in [3.63, 3.8) is 0 Å². The monoisotopic (exact) mass is 533 g/mol. The number of fused-ring (bicyclic) bond motifs is 1. The Balaban J connectivity index is 1.32.